The third-order valence-electron chi connectivity index (χ3n) is 3.01. The molecule has 18 heavy (non-hydrogen) atoms. The average molecular weight is 249 g/mol. The molecule has 0 aliphatic carbocycles. The van der Waals surface area contributed by atoms with E-state index in [2.05, 4.69) is 5.32 Å². The van der Waals surface area contributed by atoms with Gasteiger partial charge in [-0.05, 0) is 18.1 Å². The molecule has 0 spiro atoms. The van der Waals surface area contributed by atoms with Gasteiger partial charge < -0.3 is 16.8 Å². The van der Waals surface area contributed by atoms with Crippen LogP contribution in [-0.4, -0.2) is 17.9 Å². The lowest BCUT2D eigenvalue weighted by Crippen LogP contribution is -2.41. The van der Waals surface area contributed by atoms with Crippen LogP contribution in [0.25, 0.3) is 0 Å². The predicted molar refractivity (Wildman–Crippen MR) is 71.0 cm³/mol. The molecule has 0 radical (unpaired) electrons. The van der Waals surface area contributed by atoms with Crippen molar-refractivity contribution in [3.05, 3.63) is 29.8 Å². The molecular weight excluding hydrogens is 230 g/mol. The fraction of sp³-hybridized carbons (Fsp3) is 0.385. The zero-order valence-electron chi connectivity index (χ0n) is 10.6. The summed E-state index contributed by atoms with van der Waals surface area (Å²) in [6.07, 6.45) is 0.812. The Hall–Kier alpha value is -1.88. The Morgan fingerprint density at radius 3 is 2.50 bits per heavy atom. The molecule has 0 unspecified atom stereocenters. The first-order valence-corrected chi connectivity index (χ1v) is 5.92. The Balaban J connectivity index is 2.85. The van der Waals surface area contributed by atoms with E-state index in [0.717, 1.165) is 6.42 Å². The highest BCUT2D eigenvalue weighted by atomic mass is 16.2. The number of nitrogens with two attached hydrogens (primary N) is 2. The van der Waals surface area contributed by atoms with Gasteiger partial charge in [0.05, 0.1) is 17.3 Å². The molecule has 0 saturated heterocycles. The number of carbonyl (C=O) groups is 2. The van der Waals surface area contributed by atoms with Crippen molar-refractivity contribution in [2.24, 2.45) is 17.4 Å². The molecule has 0 aliphatic rings. The summed E-state index contributed by atoms with van der Waals surface area (Å²) in [6, 6.07) is 5.99. The van der Waals surface area contributed by atoms with Gasteiger partial charge in [-0.15, -0.1) is 0 Å². The van der Waals surface area contributed by atoms with Gasteiger partial charge in [-0.25, -0.2) is 0 Å². The van der Waals surface area contributed by atoms with Crippen LogP contribution in [0, 0.1) is 5.92 Å². The summed E-state index contributed by atoms with van der Waals surface area (Å²) in [5.41, 5.74) is 11.7. The third kappa shape index (κ3) is 3.30. The largest absolute Gasteiger partial charge is 0.366 e. The van der Waals surface area contributed by atoms with Crippen molar-refractivity contribution in [2.75, 3.05) is 5.32 Å². The Morgan fingerprint density at radius 1 is 1.33 bits per heavy atom. The van der Waals surface area contributed by atoms with Gasteiger partial charge in [0, 0.05) is 0 Å². The number of rotatable bonds is 5. The van der Waals surface area contributed by atoms with E-state index in [1.54, 1.807) is 24.3 Å². The SMILES string of the molecule is CC[C@H](C)[C@H](N)C(=O)Nc1ccccc1C(N)=O. The van der Waals surface area contributed by atoms with Crippen LogP contribution in [0.15, 0.2) is 24.3 Å². The fourth-order valence-electron chi connectivity index (χ4n) is 1.54. The van der Waals surface area contributed by atoms with Crippen molar-refractivity contribution in [3.63, 3.8) is 0 Å². The molecule has 0 saturated carbocycles. The minimum atomic E-state index is -0.601. The van der Waals surface area contributed by atoms with E-state index in [9.17, 15) is 9.59 Å². The molecule has 2 amide bonds. The van der Waals surface area contributed by atoms with Gasteiger partial charge in [-0.3, -0.25) is 9.59 Å². The van der Waals surface area contributed by atoms with Crippen LogP contribution in [0.4, 0.5) is 5.69 Å². The summed E-state index contributed by atoms with van der Waals surface area (Å²) in [5, 5.41) is 2.64. The van der Waals surface area contributed by atoms with E-state index in [4.69, 9.17) is 11.5 Å². The van der Waals surface area contributed by atoms with E-state index >= 15 is 0 Å². The highest BCUT2D eigenvalue weighted by molar-refractivity contribution is 6.04. The molecule has 0 bridgehead atoms. The van der Waals surface area contributed by atoms with Crippen LogP contribution in [0.2, 0.25) is 0 Å². The van der Waals surface area contributed by atoms with Crippen molar-refractivity contribution in [1.82, 2.24) is 0 Å². The van der Waals surface area contributed by atoms with E-state index in [1.165, 1.54) is 0 Å². The molecular formula is C13H19N3O2. The quantitative estimate of drug-likeness (QED) is 0.728. The number of hydrogen-bond donors (Lipinski definition) is 3. The predicted octanol–water partition coefficient (Wildman–Crippen LogP) is 1.10. The van der Waals surface area contributed by atoms with Crippen molar-refractivity contribution < 1.29 is 9.59 Å². The third-order valence-corrected chi connectivity index (χ3v) is 3.01. The normalized spacial score (nSPS) is 13.7. The summed E-state index contributed by atoms with van der Waals surface area (Å²) in [6.45, 7) is 3.87. The van der Waals surface area contributed by atoms with Crippen LogP contribution in [0.3, 0.4) is 0 Å². The first-order valence-electron chi connectivity index (χ1n) is 5.92. The molecule has 1 aromatic carbocycles. The topological polar surface area (TPSA) is 98.2 Å². The van der Waals surface area contributed by atoms with Gasteiger partial charge in [0.15, 0.2) is 0 Å². The number of para-hydroxylation sites is 1. The maximum atomic E-state index is 11.9. The number of hydrogen-bond acceptors (Lipinski definition) is 3. The maximum absolute atomic E-state index is 11.9. The van der Waals surface area contributed by atoms with Crippen molar-refractivity contribution in [2.45, 2.75) is 26.3 Å². The van der Waals surface area contributed by atoms with Crippen molar-refractivity contribution in [3.8, 4) is 0 Å². The Labute approximate surface area is 107 Å². The lowest BCUT2D eigenvalue weighted by Gasteiger charge is -2.18. The second-order valence-electron chi connectivity index (χ2n) is 4.31. The maximum Gasteiger partial charge on any atom is 0.250 e. The highest BCUT2D eigenvalue weighted by Crippen LogP contribution is 2.15. The summed E-state index contributed by atoms with van der Waals surface area (Å²) >= 11 is 0. The van der Waals surface area contributed by atoms with Crippen molar-refractivity contribution >= 4 is 17.5 Å². The molecule has 1 aromatic rings. The molecule has 2 atom stereocenters. The van der Waals surface area contributed by atoms with Gasteiger partial charge in [0.1, 0.15) is 0 Å². The van der Waals surface area contributed by atoms with E-state index in [-0.39, 0.29) is 17.4 Å². The molecule has 0 heterocycles. The molecule has 5 heteroatoms. The first kappa shape index (κ1) is 14.2. The van der Waals surface area contributed by atoms with Gasteiger partial charge in [-0.2, -0.15) is 0 Å². The molecule has 5 N–H and O–H groups in total. The molecule has 98 valence electrons. The molecule has 0 aromatic heterocycles. The van der Waals surface area contributed by atoms with Gasteiger partial charge in [0.25, 0.3) is 5.91 Å². The average Bonchev–Trinajstić information content (AvgIpc) is 2.37. The second-order valence-corrected chi connectivity index (χ2v) is 4.31. The molecule has 1 rings (SSSR count). The zero-order valence-corrected chi connectivity index (χ0v) is 10.6. The van der Waals surface area contributed by atoms with E-state index in [0.29, 0.717) is 5.69 Å². The second kappa shape index (κ2) is 6.16. The molecule has 5 nitrogen and oxygen atoms in total. The van der Waals surface area contributed by atoms with Gasteiger partial charge in [0.2, 0.25) is 5.91 Å². The lowest BCUT2D eigenvalue weighted by atomic mass is 9.99. The van der Waals surface area contributed by atoms with Gasteiger partial charge in [-0.1, -0.05) is 32.4 Å². The smallest absolute Gasteiger partial charge is 0.250 e. The fourth-order valence-corrected chi connectivity index (χ4v) is 1.54. The number of primary amides is 1. The van der Waals surface area contributed by atoms with E-state index in [1.807, 2.05) is 13.8 Å². The Kier molecular flexibility index (Phi) is 4.85. The Morgan fingerprint density at radius 2 is 1.94 bits per heavy atom. The van der Waals surface area contributed by atoms with Crippen LogP contribution in [0.5, 0.6) is 0 Å². The zero-order chi connectivity index (χ0) is 13.7. The van der Waals surface area contributed by atoms with Crippen LogP contribution >= 0.6 is 0 Å². The number of benzene rings is 1. The number of nitrogens with one attached hydrogen (secondary N) is 1. The molecule has 0 fully saturated rings. The monoisotopic (exact) mass is 249 g/mol. The minimum Gasteiger partial charge on any atom is -0.366 e. The van der Waals surface area contributed by atoms with Crippen molar-refractivity contribution in [1.29, 1.82) is 0 Å². The van der Waals surface area contributed by atoms with Crippen LogP contribution < -0.4 is 16.8 Å². The Bertz CT molecular complexity index is 446. The van der Waals surface area contributed by atoms with Crippen LogP contribution in [0.1, 0.15) is 30.6 Å². The standard InChI is InChI=1S/C13H19N3O2/c1-3-8(2)11(14)13(18)16-10-7-5-4-6-9(10)12(15)17/h4-8,11H,3,14H2,1-2H3,(H2,15,17)(H,16,18)/t8-,11-/m0/s1. The number of carbonyl (C=O) groups excluding carboxylic acids is 2. The minimum absolute atomic E-state index is 0.0748. The van der Waals surface area contributed by atoms with Gasteiger partial charge >= 0.3 is 0 Å². The summed E-state index contributed by atoms with van der Waals surface area (Å²) in [4.78, 5) is 23.1. The summed E-state index contributed by atoms with van der Waals surface area (Å²) < 4.78 is 0. The lowest BCUT2D eigenvalue weighted by molar-refractivity contribution is -0.118. The summed E-state index contributed by atoms with van der Waals surface area (Å²) in [5.74, 6) is -0.813. The summed E-state index contributed by atoms with van der Waals surface area (Å²) in [7, 11) is 0. The number of anilines is 1. The first-order chi connectivity index (χ1) is 8.47. The highest BCUT2D eigenvalue weighted by Gasteiger charge is 2.20. The van der Waals surface area contributed by atoms with E-state index < -0.39 is 11.9 Å². The van der Waals surface area contributed by atoms with Crippen LogP contribution in [-0.2, 0) is 4.79 Å². The number of amides is 2. The molecule has 0 aliphatic heterocycles.